The number of aliphatic hydroxyl groups is 4. The molecule has 0 saturated carbocycles. The van der Waals surface area contributed by atoms with Crippen LogP contribution in [-0.4, -0.2) is 71.0 Å². The monoisotopic (exact) mass is 430 g/mol. The zero-order chi connectivity index (χ0) is 23.0. The highest BCUT2D eigenvalue weighted by Crippen LogP contribution is 2.21. The van der Waals surface area contributed by atoms with Gasteiger partial charge in [0.15, 0.2) is 0 Å². The van der Waals surface area contributed by atoms with Gasteiger partial charge in [-0.2, -0.15) is 0 Å². The maximum atomic E-state index is 9.75. The SMILES string of the molecule is CC(O)CN(CC(C)O)c1ccc(Cc2ccc(N(CC(C)O)CC(C)O)cc2)cc1. The summed E-state index contributed by atoms with van der Waals surface area (Å²) in [5.41, 5.74) is 4.31. The van der Waals surface area contributed by atoms with E-state index in [1.807, 2.05) is 34.1 Å². The Morgan fingerprint density at radius 2 is 0.774 bits per heavy atom. The molecule has 0 spiro atoms. The van der Waals surface area contributed by atoms with Crippen molar-refractivity contribution in [3.05, 3.63) is 59.7 Å². The largest absolute Gasteiger partial charge is 0.392 e. The van der Waals surface area contributed by atoms with E-state index in [0.717, 1.165) is 17.8 Å². The van der Waals surface area contributed by atoms with E-state index in [-0.39, 0.29) is 0 Å². The van der Waals surface area contributed by atoms with Crippen LogP contribution in [0.3, 0.4) is 0 Å². The number of aliphatic hydroxyl groups excluding tert-OH is 4. The van der Waals surface area contributed by atoms with Crippen LogP contribution in [0.15, 0.2) is 48.5 Å². The Balaban J connectivity index is 2.07. The van der Waals surface area contributed by atoms with Crippen molar-refractivity contribution in [2.75, 3.05) is 36.0 Å². The Bertz CT molecular complexity index is 673. The molecule has 172 valence electrons. The molecule has 0 aliphatic rings. The van der Waals surface area contributed by atoms with E-state index in [2.05, 4.69) is 24.3 Å². The summed E-state index contributed by atoms with van der Waals surface area (Å²) < 4.78 is 0. The molecule has 4 unspecified atom stereocenters. The van der Waals surface area contributed by atoms with Gasteiger partial charge in [0, 0.05) is 37.6 Å². The van der Waals surface area contributed by atoms with E-state index in [1.165, 1.54) is 11.1 Å². The molecule has 2 rings (SSSR count). The Morgan fingerprint density at radius 1 is 0.516 bits per heavy atom. The normalized spacial score (nSPS) is 15.2. The fourth-order valence-corrected chi connectivity index (χ4v) is 3.73. The minimum atomic E-state index is -0.473. The number of nitrogens with zero attached hydrogens (tertiary/aromatic N) is 2. The molecule has 4 atom stereocenters. The van der Waals surface area contributed by atoms with Crippen LogP contribution in [0.25, 0.3) is 0 Å². The number of hydrogen-bond acceptors (Lipinski definition) is 6. The molecule has 0 bridgehead atoms. The minimum absolute atomic E-state index is 0.473. The van der Waals surface area contributed by atoms with Crippen molar-refractivity contribution in [2.24, 2.45) is 0 Å². The van der Waals surface area contributed by atoms with Gasteiger partial charge in [-0.25, -0.2) is 0 Å². The van der Waals surface area contributed by atoms with E-state index < -0.39 is 24.4 Å². The fraction of sp³-hybridized carbons (Fsp3) is 0.520. The molecule has 0 radical (unpaired) electrons. The Hall–Kier alpha value is -2.12. The van der Waals surface area contributed by atoms with Gasteiger partial charge in [0.2, 0.25) is 0 Å². The summed E-state index contributed by atoms with van der Waals surface area (Å²) in [6.07, 6.45) is -1.10. The highest BCUT2D eigenvalue weighted by molar-refractivity contribution is 5.50. The zero-order valence-corrected chi connectivity index (χ0v) is 19.1. The molecule has 4 N–H and O–H groups in total. The fourth-order valence-electron chi connectivity index (χ4n) is 3.73. The Kier molecular flexibility index (Phi) is 9.78. The summed E-state index contributed by atoms with van der Waals surface area (Å²) in [7, 11) is 0. The van der Waals surface area contributed by atoms with Crippen LogP contribution in [0.1, 0.15) is 38.8 Å². The van der Waals surface area contributed by atoms with Crippen molar-refractivity contribution in [3.63, 3.8) is 0 Å². The van der Waals surface area contributed by atoms with Crippen molar-refractivity contribution in [2.45, 2.75) is 58.5 Å². The highest BCUT2D eigenvalue weighted by Gasteiger charge is 2.13. The first kappa shape index (κ1) is 25.1. The molecule has 0 saturated heterocycles. The van der Waals surface area contributed by atoms with E-state index in [0.29, 0.717) is 26.2 Å². The molecule has 2 aromatic rings. The quantitative estimate of drug-likeness (QED) is 0.414. The lowest BCUT2D eigenvalue weighted by molar-refractivity contribution is 0.177. The second kappa shape index (κ2) is 12.1. The standard InChI is InChI=1S/C25H38N2O4/c1-18(28)14-26(15-19(2)29)24-9-5-22(6-10-24)13-23-7-11-25(12-8-23)27(16-20(3)30)17-21(4)31/h5-12,18-21,28-31H,13-17H2,1-4H3. The topological polar surface area (TPSA) is 87.4 Å². The predicted molar refractivity (Wildman–Crippen MR) is 127 cm³/mol. The third-order valence-corrected chi connectivity index (χ3v) is 4.95. The Labute approximate surface area is 186 Å². The van der Waals surface area contributed by atoms with Gasteiger partial charge in [-0.05, 0) is 69.5 Å². The van der Waals surface area contributed by atoms with E-state index >= 15 is 0 Å². The second-order valence-electron chi connectivity index (χ2n) is 8.72. The lowest BCUT2D eigenvalue weighted by Gasteiger charge is -2.28. The van der Waals surface area contributed by atoms with Crippen molar-refractivity contribution in [1.29, 1.82) is 0 Å². The summed E-state index contributed by atoms with van der Waals surface area (Å²) >= 11 is 0. The molecule has 0 aromatic heterocycles. The van der Waals surface area contributed by atoms with Crippen molar-refractivity contribution in [3.8, 4) is 0 Å². The molecule has 0 amide bonds. The van der Waals surface area contributed by atoms with Crippen LogP contribution >= 0.6 is 0 Å². The number of rotatable bonds is 12. The van der Waals surface area contributed by atoms with Crippen LogP contribution in [-0.2, 0) is 6.42 Å². The third-order valence-electron chi connectivity index (χ3n) is 4.95. The van der Waals surface area contributed by atoms with Gasteiger partial charge >= 0.3 is 0 Å². The van der Waals surface area contributed by atoms with Crippen LogP contribution in [0.5, 0.6) is 0 Å². The summed E-state index contributed by atoms with van der Waals surface area (Å²) in [4.78, 5) is 3.99. The van der Waals surface area contributed by atoms with E-state index in [4.69, 9.17) is 0 Å². The number of benzene rings is 2. The average molecular weight is 431 g/mol. The molecule has 0 fully saturated rings. The van der Waals surface area contributed by atoms with Gasteiger partial charge in [0.25, 0.3) is 0 Å². The molecule has 0 aliphatic carbocycles. The first-order valence-corrected chi connectivity index (χ1v) is 11.0. The van der Waals surface area contributed by atoms with Gasteiger partial charge < -0.3 is 30.2 Å². The van der Waals surface area contributed by atoms with Crippen molar-refractivity contribution >= 4 is 11.4 Å². The van der Waals surface area contributed by atoms with Gasteiger partial charge in [-0.1, -0.05) is 24.3 Å². The van der Waals surface area contributed by atoms with E-state index in [9.17, 15) is 20.4 Å². The molecular formula is C25H38N2O4. The average Bonchev–Trinajstić information content (AvgIpc) is 2.67. The third kappa shape index (κ3) is 8.87. The molecule has 6 nitrogen and oxygen atoms in total. The molecular weight excluding hydrogens is 392 g/mol. The van der Waals surface area contributed by atoms with Crippen LogP contribution in [0.2, 0.25) is 0 Å². The van der Waals surface area contributed by atoms with Gasteiger partial charge in [-0.3, -0.25) is 0 Å². The lowest BCUT2D eigenvalue weighted by Crippen LogP contribution is -2.36. The smallest absolute Gasteiger partial charge is 0.0687 e. The zero-order valence-electron chi connectivity index (χ0n) is 19.1. The van der Waals surface area contributed by atoms with Crippen LogP contribution < -0.4 is 9.80 Å². The summed E-state index contributed by atoms with van der Waals surface area (Å²) in [6.45, 7) is 8.88. The van der Waals surface area contributed by atoms with Crippen molar-refractivity contribution < 1.29 is 20.4 Å². The molecule has 2 aromatic carbocycles. The number of hydrogen-bond donors (Lipinski definition) is 4. The first-order valence-electron chi connectivity index (χ1n) is 11.0. The first-order chi connectivity index (χ1) is 14.6. The van der Waals surface area contributed by atoms with Gasteiger partial charge in [0.05, 0.1) is 24.4 Å². The second-order valence-corrected chi connectivity index (χ2v) is 8.72. The molecule has 31 heavy (non-hydrogen) atoms. The maximum absolute atomic E-state index is 9.75. The highest BCUT2D eigenvalue weighted by atomic mass is 16.3. The van der Waals surface area contributed by atoms with Gasteiger partial charge in [-0.15, -0.1) is 0 Å². The summed E-state index contributed by atoms with van der Waals surface area (Å²) in [6, 6.07) is 16.4. The maximum Gasteiger partial charge on any atom is 0.0687 e. The predicted octanol–water partition coefficient (Wildman–Crippen LogP) is 2.41. The molecule has 0 aliphatic heterocycles. The minimum Gasteiger partial charge on any atom is -0.392 e. The number of anilines is 2. The van der Waals surface area contributed by atoms with Crippen LogP contribution in [0, 0.1) is 0 Å². The van der Waals surface area contributed by atoms with Gasteiger partial charge in [0.1, 0.15) is 0 Å². The van der Waals surface area contributed by atoms with Crippen molar-refractivity contribution in [1.82, 2.24) is 0 Å². The summed E-state index contributed by atoms with van der Waals surface area (Å²) in [5.74, 6) is 0. The molecule has 0 heterocycles. The summed E-state index contributed by atoms with van der Waals surface area (Å²) in [5, 5.41) is 39.0. The van der Waals surface area contributed by atoms with Crippen LogP contribution in [0.4, 0.5) is 11.4 Å². The lowest BCUT2D eigenvalue weighted by atomic mass is 10.0. The molecule has 6 heteroatoms. The van der Waals surface area contributed by atoms with E-state index in [1.54, 1.807) is 27.7 Å². The Morgan fingerprint density at radius 3 is 1.00 bits per heavy atom.